The van der Waals surface area contributed by atoms with Gasteiger partial charge in [-0.1, -0.05) is 56.4 Å². The third-order valence-corrected chi connectivity index (χ3v) is 6.27. The Morgan fingerprint density at radius 3 is 2.43 bits per heavy atom. The number of nitrogens with zero attached hydrogens (tertiary/aromatic N) is 2. The van der Waals surface area contributed by atoms with E-state index >= 15 is 0 Å². The molecule has 0 spiro atoms. The average molecular weight is 431 g/mol. The van der Waals surface area contributed by atoms with Gasteiger partial charge in [0.15, 0.2) is 5.13 Å². The van der Waals surface area contributed by atoms with Crippen LogP contribution in [0.1, 0.15) is 53.7 Å². The Bertz CT molecular complexity index is 881. The van der Waals surface area contributed by atoms with E-state index in [1.54, 1.807) is 6.92 Å². The predicted molar refractivity (Wildman–Crippen MR) is 119 cm³/mol. The van der Waals surface area contributed by atoms with Gasteiger partial charge in [-0.25, -0.2) is 4.98 Å². The quantitative estimate of drug-likeness (QED) is 0.713. The second-order valence-electron chi connectivity index (χ2n) is 8.46. The largest absolute Gasteiger partial charge is 0.378 e. The minimum atomic E-state index is -0.340. The van der Waals surface area contributed by atoms with E-state index in [-0.39, 0.29) is 17.2 Å². The molecule has 0 atom stereocenters. The first-order valence-corrected chi connectivity index (χ1v) is 11.0. The maximum absolute atomic E-state index is 12.5. The predicted octanol–water partition coefficient (Wildman–Crippen LogP) is 2.98. The summed E-state index contributed by atoms with van der Waals surface area (Å²) in [5.41, 5.74) is 8.15. The number of aryl methyl sites for hydroxylation is 2. The summed E-state index contributed by atoms with van der Waals surface area (Å²) in [6.45, 7) is 11.2. The Morgan fingerprint density at radius 1 is 1.13 bits per heavy atom. The van der Waals surface area contributed by atoms with Crippen LogP contribution in [0.3, 0.4) is 0 Å². The number of aromatic nitrogens is 1. The average Bonchev–Trinajstić information content (AvgIpc) is 3.12. The molecule has 8 heteroatoms. The molecule has 7 nitrogen and oxygen atoms in total. The van der Waals surface area contributed by atoms with Crippen LogP contribution in [0.25, 0.3) is 0 Å². The topological polar surface area (TPSA) is 83.6 Å². The molecule has 1 aromatic carbocycles. The molecule has 2 aromatic rings. The monoisotopic (exact) mass is 430 g/mol. The van der Waals surface area contributed by atoms with Gasteiger partial charge >= 0.3 is 0 Å². The lowest BCUT2D eigenvalue weighted by atomic mass is 9.86. The van der Waals surface area contributed by atoms with Crippen LogP contribution in [0.4, 0.5) is 5.13 Å². The summed E-state index contributed by atoms with van der Waals surface area (Å²) in [7, 11) is 0. The second kappa shape index (κ2) is 9.57. The van der Waals surface area contributed by atoms with E-state index in [1.807, 2.05) is 0 Å². The fourth-order valence-electron chi connectivity index (χ4n) is 3.16. The highest BCUT2D eigenvalue weighted by molar-refractivity contribution is 7.17. The van der Waals surface area contributed by atoms with E-state index < -0.39 is 0 Å². The number of morpholine rings is 1. The van der Waals surface area contributed by atoms with Crippen molar-refractivity contribution in [2.45, 2.75) is 46.0 Å². The van der Waals surface area contributed by atoms with Gasteiger partial charge in [0.2, 0.25) is 5.91 Å². The Kier molecular flexibility index (Phi) is 7.10. The van der Waals surface area contributed by atoms with Gasteiger partial charge in [0.05, 0.1) is 18.9 Å². The minimum Gasteiger partial charge on any atom is -0.378 e. The fourth-order valence-corrected chi connectivity index (χ4v) is 4.17. The van der Waals surface area contributed by atoms with Crippen LogP contribution in [0.15, 0.2) is 24.3 Å². The molecule has 0 saturated carbocycles. The number of ether oxygens (including phenoxy) is 1. The molecule has 30 heavy (non-hydrogen) atoms. The molecule has 2 N–H and O–H groups in total. The molecule has 3 rings (SSSR count). The van der Waals surface area contributed by atoms with Crippen LogP contribution in [-0.4, -0.2) is 43.1 Å². The van der Waals surface area contributed by atoms with Crippen LogP contribution >= 0.6 is 11.3 Å². The number of hydrazine groups is 1. The Morgan fingerprint density at radius 2 is 1.80 bits per heavy atom. The molecule has 0 radical (unpaired) electrons. The molecule has 1 aliphatic rings. The van der Waals surface area contributed by atoms with Crippen LogP contribution in [0.5, 0.6) is 0 Å². The van der Waals surface area contributed by atoms with Gasteiger partial charge in [0.25, 0.3) is 5.91 Å². The molecule has 1 saturated heterocycles. The molecule has 0 aliphatic carbocycles. The number of thiazole rings is 1. The highest BCUT2D eigenvalue weighted by Gasteiger charge is 2.21. The van der Waals surface area contributed by atoms with E-state index in [0.29, 0.717) is 36.6 Å². The van der Waals surface area contributed by atoms with Gasteiger partial charge in [-0.15, -0.1) is 0 Å². The second-order valence-corrected chi connectivity index (χ2v) is 9.44. The van der Waals surface area contributed by atoms with E-state index in [2.05, 4.69) is 65.8 Å². The maximum Gasteiger partial charge on any atom is 0.281 e. The van der Waals surface area contributed by atoms with Crippen molar-refractivity contribution < 1.29 is 14.3 Å². The zero-order chi connectivity index (χ0) is 21.7. The number of hydrogen-bond donors (Lipinski definition) is 2. The van der Waals surface area contributed by atoms with Gasteiger partial charge in [-0.2, -0.15) is 0 Å². The van der Waals surface area contributed by atoms with Gasteiger partial charge in [0.1, 0.15) is 4.88 Å². The summed E-state index contributed by atoms with van der Waals surface area (Å²) in [5, 5.41) is 0.811. The first kappa shape index (κ1) is 22.2. The Balaban J connectivity index is 1.47. The van der Waals surface area contributed by atoms with E-state index in [9.17, 15) is 9.59 Å². The molecular weight excluding hydrogens is 400 g/mol. The lowest BCUT2D eigenvalue weighted by molar-refractivity contribution is -0.121. The van der Waals surface area contributed by atoms with E-state index in [4.69, 9.17) is 4.74 Å². The lowest BCUT2D eigenvalue weighted by Gasteiger charge is -2.25. The molecule has 1 aliphatic heterocycles. The summed E-state index contributed by atoms with van der Waals surface area (Å²) in [6, 6.07) is 8.32. The standard InChI is InChI=1S/C22H30N4O3S/c1-15-19(30-21(23-15)26-11-13-29-14-12-26)20(28)25-24-18(27)10-7-16-5-8-17(9-6-16)22(2,3)4/h5-6,8-9H,7,10-14H2,1-4H3,(H,24,27)(H,25,28). The SMILES string of the molecule is Cc1nc(N2CCOCC2)sc1C(=O)NNC(=O)CCc1ccc(C(C)(C)C)cc1. The zero-order valence-electron chi connectivity index (χ0n) is 18.1. The van der Waals surface area contributed by atoms with Gasteiger partial charge < -0.3 is 9.64 Å². The summed E-state index contributed by atoms with van der Waals surface area (Å²) >= 11 is 1.34. The van der Waals surface area contributed by atoms with Crippen LogP contribution in [0.2, 0.25) is 0 Å². The molecule has 162 valence electrons. The number of benzene rings is 1. The van der Waals surface area contributed by atoms with E-state index in [1.165, 1.54) is 16.9 Å². The highest BCUT2D eigenvalue weighted by Crippen LogP contribution is 2.26. The van der Waals surface area contributed by atoms with Crippen molar-refractivity contribution in [3.8, 4) is 0 Å². The van der Waals surface area contributed by atoms with Crippen molar-refractivity contribution in [2.24, 2.45) is 0 Å². The van der Waals surface area contributed by atoms with E-state index in [0.717, 1.165) is 23.8 Å². The number of nitrogens with one attached hydrogen (secondary N) is 2. The number of anilines is 1. The zero-order valence-corrected chi connectivity index (χ0v) is 18.9. The van der Waals surface area contributed by atoms with Crippen molar-refractivity contribution in [3.63, 3.8) is 0 Å². The molecule has 1 aromatic heterocycles. The van der Waals surface area contributed by atoms with Gasteiger partial charge in [-0.3, -0.25) is 20.4 Å². The molecule has 1 fully saturated rings. The van der Waals surface area contributed by atoms with Crippen molar-refractivity contribution >= 4 is 28.3 Å². The third-order valence-electron chi connectivity index (χ3n) is 5.05. The Labute approximate surface area is 181 Å². The lowest BCUT2D eigenvalue weighted by Crippen LogP contribution is -2.41. The number of carbonyl (C=O) groups is 2. The number of amides is 2. The molecular formula is C22H30N4O3S. The smallest absolute Gasteiger partial charge is 0.281 e. The molecule has 0 unspecified atom stereocenters. The van der Waals surface area contributed by atoms with Crippen molar-refractivity contribution in [1.29, 1.82) is 0 Å². The van der Waals surface area contributed by atoms with Gasteiger partial charge in [-0.05, 0) is 29.9 Å². The fraction of sp³-hybridized carbons (Fsp3) is 0.500. The Hall–Kier alpha value is -2.45. The maximum atomic E-state index is 12.5. The summed E-state index contributed by atoms with van der Waals surface area (Å²) < 4.78 is 5.35. The summed E-state index contributed by atoms with van der Waals surface area (Å²) in [5.74, 6) is -0.564. The van der Waals surface area contributed by atoms with Gasteiger partial charge in [0, 0.05) is 19.5 Å². The van der Waals surface area contributed by atoms with Crippen molar-refractivity contribution in [1.82, 2.24) is 15.8 Å². The normalized spacial score (nSPS) is 14.5. The number of rotatable bonds is 5. The van der Waals surface area contributed by atoms with Crippen LogP contribution < -0.4 is 15.8 Å². The molecule has 2 amide bonds. The summed E-state index contributed by atoms with van der Waals surface area (Å²) in [4.78, 5) is 31.7. The number of hydrogen-bond acceptors (Lipinski definition) is 6. The van der Waals surface area contributed by atoms with Crippen LogP contribution in [0, 0.1) is 6.92 Å². The van der Waals surface area contributed by atoms with Crippen molar-refractivity contribution in [3.05, 3.63) is 46.0 Å². The van der Waals surface area contributed by atoms with Crippen LogP contribution in [-0.2, 0) is 21.4 Å². The highest BCUT2D eigenvalue weighted by atomic mass is 32.1. The first-order chi connectivity index (χ1) is 14.2. The third kappa shape index (κ3) is 5.79. The molecule has 0 bridgehead atoms. The molecule has 2 heterocycles. The first-order valence-electron chi connectivity index (χ1n) is 10.2. The van der Waals surface area contributed by atoms with Crippen molar-refractivity contribution in [2.75, 3.05) is 31.2 Å². The summed E-state index contributed by atoms with van der Waals surface area (Å²) in [6.07, 6.45) is 0.919. The minimum absolute atomic E-state index is 0.108. The number of carbonyl (C=O) groups excluding carboxylic acids is 2.